The second-order valence-corrected chi connectivity index (χ2v) is 5.20. The summed E-state index contributed by atoms with van der Waals surface area (Å²) in [5.41, 5.74) is 6.24. The van der Waals surface area contributed by atoms with Gasteiger partial charge in [0.15, 0.2) is 0 Å². The van der Waals surface area contributed by atoms with Crippen molar-refractivity contribution in [1.82, 2.24) is 14.8 Å². The van der Waals surface area contributed by atoms with Crippen LogP contribution in [0.2, 0.25) is 0 Å². The lowest BCUT2D eigenvalue weighted by Crippen LogP contribution is -2.28. The first-order valence-electron chi connectivity index (χ1n) is 6.92. The fraction of sp³-hybridized carbons (Fsp3) is 0.846. The van der Waals surface area contributed by atoms with Crippen molar-refractivity contribution in [2.45, 2.75) is 64.5 Å². The Balaban J connectivity index is 1.82. The van der Waals surface area contributed by atoms with Gasteiger partial charge in [-0.2, -0.15) is 5.10 Å². The molecule has 0 amide bonds. The van der Waals surface area contributed by atoms with Gasteiger partial charge in [-0.1, -0.05) is 32.1 Å². The topological polar surface area (TPSA) is 56.7 Å². The zero-order chi connectivity index (χ0) is 12.1. The number of aryl methyl sites for hydroxylation is 1. The summed E-state index contributed by atoms with van der Waals surface area (Å²) in [6, 6.07) is 0.243. The molecule has 96 valence electrons. The van der Waals surface area contributed by atoms with E-state index in [0.717, 1.165) is 31.1 Å². The third-order valence-electron chi connectivity index (χ3n) is 3.80. The van der Waals surface area contributed by atoms with Gasteiger partial charge in [0.2, 0.25) is 0 Å². The van der Waals surface area contributed by atoms with Crippen molar-refractivity contribution in [3.8, 4) is 0 Å². The lowest BCUT2D eigenvalue weighted by molar-refractivity contribution is 0.314. The van der Waals surface area contributed by atoms with Gasteiger partial charge in [-0.15, -0.1) is 0 Å². The molecule has 0 aliphatic heterocycles. The molecule has 1 atom stereocenters. The zero-order valence-corrected chi connectivity index (χ0v) is 10.8. The summed E-state index contributed by atoms with van der Waals surface area (Å²) in [7, 11) is 0. The molecule has 0 saturated heterocycles. The molecule has 1 unspecified atom stereocenters. The highest BCUT2D eigenvalue weighted by atomic mass is 15.3. The molecule has 1 aromatic rings. The molecule has 1 aliphatic carbocycles. The number of hydrogen-bond acceptors (Lipinski definition) is 3. The minimum absolute atomic E-state index is 0.243. The highest BCUT2D eigenvalue weighted by molar-refractivity contribution is 4.89. The molecule has 0 spiro atoms. The van der Waals surface area contributed by atoms with Gasteiger partial charge in [0.25, 0.3) is 0 Å². The van der Waals surface area contributed by atoms with Crippen LogP contribution >= 0.6 is 0 Å². The fourth-order valence-corrected chi connectivity index (χ4v) is 2.88. The van der Waals surface area contributed by atoms with Crippen LogP contribution in [0, 0.1) is 5.92 Å². The Labute approximate surface area is 104 Å². The number of aromatic nitrogens is 3. The first-order valence-corrected chi connectivity index (χ1v) is 6.92. The third-order valence-corrected chi connectivity index (χ3v) is 3.80. The van der Waals surface area contributed by atoms with E-state index in [9.17, 15) is 0 Å². The lowest BCUT2D eigenvalue weighted by atomic mass is 9.84. The molecule has 1 heterocycles. The number of nitrogens with zero attached hydrogens (tertiary/aromatic N) is 3. The van der Waals surface area contributed by atoms with Crippen LogP contribution < -0.4 is 5.73 Å². The smallest absolute Gasteiger partial charge is 0.138 e. The SMILES string of the molecule is CCn1ncnc1CC(N)CC1CCCCC1. The molecule has 1 aromatic heterocycles. The fourth-order valence-electron chi connectivity index (χ4n) is 2.88. The quantitative estimate of drug-likeness (QED) is 0.852. The Morgan fingerprint density at radius 2 is 2.18 bits per heavy atom. The monoisotopic (exact) mass is 236 g/mol. The number of rotatable bonds is 5. The Morgan fingerprint density at radius 3 is 2.88 bits per heavy atom. The summed E-state index contributed by atoms with van der Waals surface area (Å²) in [6.45, 7) is 2.97. The molecular formula is C13H24N4. The molecule has 0 radical (unpaired) electrons. The van der Waals surface area contributed by atoms with E-state index in [1.54, 1.807) is 6.33 Å². The zero-order valence-electron chi connectivity index (χ0n) is 10.8. The molecule has 2 rings (SSSR count). The van der Waals surface area contributed by atoms with Crippen LogP contribution in [0.4, 0.5) is 0 Å². The predicted molar refractivity (Wildman–Crippen MR) is 68.6 cm³/mol. The van der Waals surface area contributed by atoms with E-state index in [0.29, 0.717) is 0 Å². The van der Waals surface area contributed by atoms with Crippen molar-refractivity contribution < 1.29 is 0 Å². The van der Waals surface area contributed by atoms with Crippen molar-refractivity contribution in [1.29, 1.82) is 0 Å². The third kappa shape index (κ3) is 3.53. The highest BCUT2D eigenvalue weighted by Crippen LogP contribution is 2.27. The molecule has 4 nitrogen and oxygen atoms in total. The standard InChI is InChI=1S/C13H24N4/c1-2-17-13(15-10-16-17)9-12(14)8-11-6-4-3-5-7-11/h10-12H,2-9,14H2,1H3. The van der Waals surface area contributed by atoms with E-state index < -0.39 is 0 Å². The molecule has 0 aromatic carbocycles. The minimum atomic E-state index is 0.243. The van der Waals surface area contributed by atoms with Crippen LogP contribution in [0.15, 0.2) is 6.33 Å². The second kappa shape index (κ2) is 6.15. The average Bonchev–Trinajstić information content (AvgIpc) is 2.77. The number of hydrogen-bond donors (Lipinski definition) is 1. The van der Waals surface area contributed by atoms with Crippen LogP contribution in [0.1, 0.15) is 51.3 Å². The van der Waals surface area contributed by atoms with Gasteiger partial charge in [-0.3, -0.25) is 4.68 Å². The predicted octanol–water partition coefficient (Wildman–Crippen LogP) is 2.14. The van der Waals surface area contributed by atoms with Crippen molar-refractivity contribution in [3.05, 3.63) is 12.2 Å². The van der Waals surface area contributed by atoms with E-state index in [4.69, 9.17) is 5.73 Å². The van der Waals surface area contributed by atoms with Gasteiger partial charge in [-0.25, -0.2) is 4.98 Å². The van der Waals surface area contributed by atoms with Crippen molar-refractivity contribution in [3.63, 3.8) is 0 Å². The van der Waals surface area contributed by atoms with E-state index in [-0.39, 0.29) is 6.04 Å². The maximum absolute atomic E-state index is 6.24. The highest BCUT2D eigenvalue weighted by Gasteiger charge is 2.18. The molecule has 1 fully saturated rings. The molecular weight excluding hydrogens is 212 g/mol. The van der Waals surface area contributed by atoms with E-state index in [1.165, 1.54) is 32.1 Å². The largest absolute Gasteiger partial charge is 0.327 e. The second-order valence-electron chi connectivity index (χ2n) is 5.20. The Morgan fingerprint density at radius 1 is 1.41 bits per heavy atom. The Kier molecular flexibility index (Phi) is 4.54. The number of nitrogens with two attached hydrogens (primary N) is 1. The van der Waals surface area contributed by atoms with Crippen LogP contribution in [0.5, 0.6) is 0 Å². The summed E-state index contributed by atoms with van der Waals surface area (Å²) in [6.07, 6.45) is 10.6. The van der Waals surface area contributed by atoms with E-state index in [2.05, 4.69) is 17.0 Å². The molecule has 1 saturated carbocycles. The summed E-state index contributed by atoms with van der Waals surface area (Å²) in [4.78, 5) is 4.29. The van der Waals surface area contributed by atoms with E-state index in [1.807, 2.05) is 4.68 Å². The first kappa shape index (κ1) is 12.6. The molecule has 17 heavy (non-hydrogen) atoms. The van der Waals surface area contributed by atoms with E-state index >= 15 is 0 Å². The van der Waals surface area contributed by atoms with Crippen LogP contribution in [0.3, 0.4) is 0 Å². The van der Waals surface area contributed by atoms with Crippen LogP contribution in [-0.2, 0) is 13.0 Å². The lowest BCUT2D eigenvalue weighted by Gasteiger charge is -2.24. The van der Waals surface area contributed by atoms with Crippen molar-refractivity contribution >= 4 is 0 Å². The molecule has 1 aliphatic rings. The summed E-state index contributed by atoms with van der Waals surface area (Å²) in [5, 5.41) is 4.18. The average molecular weight is 236 g/mol. The van der Waals surface area contributed by atoms with Gasteiger partial charge < -0.3 is 5.73 Å². The summed E-state index contributed by atoms with van der Waals surface area (Å²) in [5.74, 6) is 1.88. The Hall–Kier alpha value is -0.900. The van der Waals surface area contributed by atoms with Crippen LogP contribution in [-0.4, -0.2) is 20.8 Å². The summed E-state index contributed by atoms with van der Waals surface area (Å²) < 4.78 is 1.95. The van der Waals surface area contributed by atoms with Crippen molar-refractivity contribution in [2.75, 3.05) is 0 Å². The molecule has 4 heteroatoms. The maximum Gasteiger partial charge on any atom is 0.138 e. The molecule has 2 N–H and O–H groups in total. The first-order chi connectivity index (χ1) is 8.29. The minimum Gasteiger partial charge on any atom is -0.327 e. The van der Waals surface area contributed by atoms with Gasteiger partial charge in [-0.05, 0) is 19.3 Å². The van der Waals surface area contributed by atoms with Gasteiger partial charge in [0.05, 0.1) is 0 Å². The van der Waals surface area contributed by atoms with Crippen molar-refractivity contribution in [2.24, 2.45) is 11.7 Å². The van der Waals surface area contributed by atoms with Gasteiger partial charge >= 0.3 is 0 Å². The normalized spacial score (nSPS) is 19.4. The van der Waals surface area contributed by atoms with Gasteiger partial charge in [0.1, 0.15) is 12.2 Å². The van der Waals surface area contributed by atoms with Crippen LogP contribution in [0.25, 0.3) is 0 Å². The Bertz CT molecular complexity index is 328. The van der Waals surface area contributed by atoms with Gasteiger partial charge in [0, 0.05) is 19.0 Å². The summed E-state index contributed by atoms with van der Waals surface area (Å²) >= 11 is 0. The maximum atomic E-state index is 6.24. The molecule has 0 bridgehead atoms.